The topological polar surface area (TPSA) is 37.8 Å². The lowest BCUT2D eigenvalue weighted by atomic mass is 10.2. The van der Waals surface area contributed by atoms with Crippen molar-refractivity contribution < 1.29 is 0 Å². The molecule has 3 rings (SSSR count). The number of halogens is 1. The highest BCUT2D eigenvalue weighted by Gasteiger charge is 2.08. The van der Waals surface area contributed by atoms with E-state index in [1.165, 1.54) is 4.57 Å². The van der Waals surface area contributed by atoms with Crippen molar-refractivity contribution in [3.63, 3.8) is 0 Å². The van der Waals surface area contributed by atoms with Gasteiger partial charge in [-0.05, 0) is 55.0 Å². The summed E-state index contributed by atoms with van der Waals surface area (Å²) in [6.45, 7) is 1.97. The molecule has 0 bridgehead atoms. The third-order valence-corrected chi connectivity index (χ3v) is 3.64. The van der Waals surface area contributed by atoms with Gasteiger partial charge in [-0.25, -0.2) is 0 Å². The molecular formula is C15H11ClN2OS. The van der Waals surface area contributed by atoms with Crippen LogP contribution >= 0.6 is 23.8 Å². The first kappa shape index (κ1) is 13.1. The fourth-order valence-electron chi connectivity index (χ4n) is 2.19. The highest BCUT2D eigenvalue weighted by atomic mass is 35.5. The van der Waals surface area contributed by atoms with Crippen molar-refractivity contribution in [2.24, 2.45) is 0 Å². The maximum absolute atomic E-state index is 12.6. The number of H-pyrrole nitrogens is 1. The maximum Gasteiger partial charge on any atom is 0.266 e. The van der Waals surface area contributed by atoms with Crippen molar-refractivity contribution in [1.82, 2.24) is 9.55 Å². The number of rotatable bonds is 1. The van der Waals surface area contributed by atoms with Gasteiger partial charge in [-0.2, -0.15) is 0 Å². The van der Waals surface area contributed by atoms with Gasteiger partial charge in [0.2, 0.25) is 0 Å². The average molecular weight is 303 g/mol. The molecule has 0 saturated heterocycles. The standard InChI is InChI=1S/C15H11ClN2OS/c1-9-3-2-4-11(7-9)18-14(19)12-6-5-10(16)8-13(12)17-15(18)20/h2-8H,1H3,(H,17,20). The van der Waals surface area contributed by atoms with Crippen LogP contribution in [0.1, 0.15) is 5.56 Å². The molecule has 0 radical (unpaired) electrons. The number of hydrogen-bond donors (Lipinski definition) is 1. The van der Waals surface area contributed by atoms with Crippen LogP contribution in [0.25, 0.3) is 16.6 Å². The predicted octanol–water partition coefficient (Wildman–Crippen LogP) is 4.01. The van der Waals surface area contributed by atoms with Crippen LogP contribution in [0.2, 0.25) is 5.02 Å². The SMILES string of the molecule is Cc1cccc(-n2c(=S)[nH]c3cc(Cl)ccc3c2=O)c1. The number of nitrogens with one attached hydrogen (secondary N) is 1. The van der Waals surface area contributed by atoms with Crippen LogP contribution in [-0.4, -0.2) is 9.55 Å². The van der Waals surface area contributed by atoms with Gasteiger partial charge in [-0.1, -0.05) is 23.7 Å². The molecule has 0 fully saturated rings. The lowest BCUT2D eigenvalue weighted by molar-refractivity contribution is 0.938. The highest BCUT2D eigenvalue weighted by molar-refractivity contribution is 7.71. The van der Waals surface area contributed by atoms with E-state index in [9.17, 15) is 4.79 Å². The van der Waals surface area contributed by atoms with E-state index in [0.29, 0.717) is 20.7 Å². The molecule has 5 heteroatoms. The van der Waals surface area contributed by atoms with Gasteiger partial charge in [0.15, 0.2) is 4.77 Å². The second-order valence-electron chi connectivity index (χ2n) is 4.60. The molecular weight excluding hydrogens is 292 g/mol. The molecule has 0 unspecified atom stereocenters. The zero-order valence-electron chi connectivity index (χ0n) is 10.7. The molecule has 0 aliphatic carbocycles. The molecule has 100 valence electrons. The summed E-state index contributed by atoms with van der Waals surface area (Å²) in [5.74, 6) is 0. The fraction of sp³-hybridized carbons (Fsp3) is 0.0667. The minimum atomic E-state index is -0.147. The molecule has 0 saturated carbocycles. The van der Waals surface area contributed by atoms with Crippen molar-refractivity contribution in [1.29, 1.82) is 0 Å². The predicted molar refractivity (Wildman–Crippen MR) is 84.5 cm³/mol. The summed E-state index contributed by atoms with van der Waals surface area (Å²) in [4.78, 5) is 15.7. The van der Waals surface area contributed by atoms with Gasteiger partial charge in [0.05, 0.1) is 16.6 Å². The molecule has 2 aromatic carbocycles. The Labute approximate surface area is 125 Å². The Bertz CT molecular complexity index is 927. The van der Waals surface area contributed by atoms with E-state index in [0.717, 1.165) is 11.3 Å². The maximum atomic E-state index is 12.6. The minimum Gasteiger partial charge on any atom is -0.331 e. The van der Waals surface area contributed by atoms with Crippen LogP contribution in [-0.2, 0) is 0 Å². The monoisotopic (exact) mass is 302 g/mol. The Morgan fingerprint density at radius 3 is 2.75 bits per heavy atom. The Hall–Kier alpha value is -1.91. The largest absolute Gasteiger partial charge is 0.331 e. The molecule has 0 amide bonds. The van der Waals surface area contributed by atoms with E-state index in [2.05, 4.69) is 4.98 Å². The van der Waals surface area contributed by atoms with Crippen molar-refractivity contribution >= 4 is 34.7 Å². The van der Waals surface area contributed by atoms with E-state index < -0.39 is 0 Å². The summed E-state index contributed by atoms with van der Waals surface area (Å²) in [6, 6.07) is 12.8. The first-order valence-electron chi connectivity index (χ1n) is 6.08. The lowest BCUT2D eigenvalue weighted by Crippen LogP contribution is -2.20. The first-order valence-corrected chi connectivity index (χ1v) is 6.86. The number of aryl methyl sites for hydroxylation is 1. The summed E-state index contributed by atoms with van der Waals surface area (Å²) in [5, 5.41) is 1.13. The molecule has 3 nitrogen and oxygen atoms in total. The number of nitrogens with zero attached hydrogens (tertiary/aromatic N) is 1. The lowest BCUT2D eigenvalue weighted by Gasteiger charge is -2.09. The second-order valence-corrected chi connectivity index (χ2v) is 5.42. The van der Waals surface area contributed by atoms with E-state index in [1.807, 2.05) is 31.2 Å². The van der Waals surface area contributed by atoms with Crippen molar-refractivity contribution in [3.8, 4) is 5.69 Å². The van der Waals surface area contributed by atoms with Gasteiger partial charge in [0.25, 0.3) is 5.56 Å². The first-order chi connectivity index (χ1) is 9.56. The van der Waals surface area contributed by atoms with Gasteiger partial charge in [-0.3, -0.25) is 9.36 Å². The van der Waals surface area contributed by atoms with Gasteiger partial charge in [0, 0.05) is 5.02 Å². The number of aromatic amines is 1. The summed E-state index contributed by atoms with van der Waals surface area (Å²) in [6.07, 6.45) is 0. The summed E-state index contributed by atoms with van der Waals surface area (Å²) < 4.78 is 1.86. The van der Waals surface area contributed by atoms with Crippen molar-refractivity contribution in [2.75, 3.05) is 0 Å². The Balaban J connectivity index is 2.41. The van der Waals surface area contributed by atoms with Crippen LogP contribution < -0.4 is 5.56 Å². The van der Waals surface area contributed by atoms with E-state index in [4.69, 9.17) is 23.8 Å². The third-order valence-electron chi connectivity index (χ3n) is 3.12. The van der Waals surface area contributed by atoms with Gasteiger partial charge in [-0.15, -0.1) is 0 Å². The molecule has 3 aromatic rings. The second kappa shape index (κ2) is 4.89. The quantitative estimate of drug-likeness (QED) is 0.690. The van der Waals surface area contributed by atoms with Crippen LogP contribution in [0.3, 0.4) is 0 Å². The molecule has 0 atom stereocenters. The molecule has 20 heavy (non-hydrogen) atoms. The Kier molecular flexibility index (Phi) is 3.20. The normalized spacial score (nSPS) is 10.9. The zero-order valence-corrected chi connectivity index (χ0v) is 12.3. The molecule has 0 aliphatic heterocycles. The van der Waals surface area contributed by atoms with E-state index in [-0.39, 0.29) is 5.56 Å². The summed E-state index contributed by atoms with van der Waals surface area (Å²) in [5.41, 5.74) is 2.33. The summed E-state index contributed by atoms with van der Waals surface area (Å²) >= 11 is 11.2. The van der Waals surface area contributed by atoms with Gasteiger partial charge in [0.1, 0.15) is 0 Å². The van der Waals surface area contributed by atoms with Gasteiger partial charge >= 0.3 is 0 Å². The molecule has 1 N–H and O–H groups in total. The minimum absolute atomic E-state index is 0.147. The Morgan fingerprint density at radius 2 is 2.00 bits per heavy atom. The number of fused-ring (bicyclic) bond motifs is 1. The van der Waals surface area contributed by atoms with Gasteiger partial charge < -0.3 is 4.98 Å². The smallest absolute Gasteiger partial charge is 0.266 e. The molecule has 0 spiro atoms. The van der Waals surface area contributed by atoms with Crippen molar-refractivity contribution in [3.05, 3.63) is 68.2 Å². The van der Waals surface area contributed by atoms with E-state index in [1.54, 1.807) is 18.2 Å². The molecule has 1 aromatic heterocycles. The molecule has 1 heterocycles. The highest BCUT2D eigenvalue weighted by Crippen LogP contribution is 2.16. The fourth-order valence-corrected chi connectivity index (χ4v) is 2.66. The van der Waals surface area contributed by atoms with E-state index >= 15 is 0 Å². The summed E-state index contributed by atoms with van der Waals surface area (Å²) in [7, 11) is 0. The third kappa shape index (κ3) is 2.17. The van der Waals surface area contributed by atoms with Crippen molar-refractivity contribution in [2.45, 2.75) is 6.92 Å². The average Bonchev–Trinajstić information content (AvgIpc) is 2.38. The van der Waals surface area contributed by atoms with Crippen LogP contribution in [0, 0.1) is 11.7 Å². The van der Waals surface area contributed by atoms with Crippen LogP contribution in [0.4, 0.5) is 0 Å². The molecule has 0 aliphatic rings. The van der Waals surface area contributed by atoms with Crippen LogP contribution in [0.5, 0.6) is 0 Å². The number of benzene rings is 2. The Morgan fingerprint density at radius 1 is 1.20 bits per heavy atom. The zero-order chi connectivity index (χ0) is 14.3. The number of aromatic nitrogens is 2. The van der Waals surface area contributed by atoms with Crippen LogP contribution in [0.15, 0.2) is 47.3 Å². The number of hydrogen-bond acceptors (Lipinski definition) is 2.